The normalized spacial score (nSPS) is 60.0. The molecule has 0 amide bonds. The van der Waals surface area contributed by atoms with Gasteiger partial charge in [-0.05, 0) is 120 Å². The SMILES string of the molecule is CC1(C)CC[C@]23CC[C@]4(C)[C@H](CC[C@H]5[C@@]6(C)CC[C@H](O)C(C)(C)[C@H]6CC[C@]54C)[C@H]2[C@H]1OC3. The van der Waals surface area contributed by atoms with Gasteiger partial charge in [-0.3, -0.25) is 0 Å². The number of ether oxygens (including phenoxy) is 1. The molecule has 0 unspecified atom stereocenters. The fourth-order valence-corrected chi connectivity index (χ4v) is 12.0. The number of hydrogen-bond donors (Lipinski definition) is 1. The molecule has 1 aliphatic heterocycles. The molecule has 1 N–H and O–H groups in total. The lowest BCUT2D eigenvalue weighted by atomic mass is 9.31. The Balaban J connectivity index is 1.39. The lowest BCUT2D eigenvalue weighted by Gasteiger charge is -2.73. The molecule has 2 heteroatoms. The molecule has 1 heterocycles. The predicted molar refractivity (Wildman–Crippen MR) is 130 cm³/mol. The van der Waals surface area contributed by atoms with Crippen molar-refractivity contribution in [2.45, 2.75) is 125 Å². The molecule has 6 fully saturated rings. The van der Waals surface area contributed by atoms with Gasteiger partial charge in [-0.2, -0.15) is 0 Å². The molecule has 10 atom stereocenters. The third kappa shape index (κ3) is 2.41. The molecule has 0 aromatic carbocycles. The molecule has 5 aliphatic carbocycles. The molecule has 5 saturated carbocycles. The summed E-state index contributed by atoms with van der Waals surface area (Å²) in [4.78, 5) is 0. The van der Waals surface area contributed by atoms with E-state index in [4.69, 9.17) is 4.74 Å². The lowest BCUT2D eigenvalue weighted by molar-refractivity contribution is -0.252. The van der Waals surface area contributed by atoms with Crippen molar-refractivity contribution in [1.82, 2.24) is 0 Å². The van der Waals surface area contributed by atoms with Crippen molar-refractivity contribution in [2.75, 3.05) is 6.61 Å². The fourth-order valence-electron chi connectivity index (χ4n) is 12.0. The second kappa shape index (κ2) is 6.37. The molecule has 1 saturated heterocycles. The van der Waals surface area contributed by atoms with E-state index in [0.717, 1.165) is 30.8 Å². The summed E-state index contributed by atoms with van der Waals surface area (Å²) >= 11 is 0. The third-order valence-electron chi connectivity index (χ3n) is 14.1. The third-order valence-corrected chi connectivity index (χ3v) is 14.1. The van der Waals surface area contributed by atoms with Gasteiger partial charge < -0.3 is 9.84 Å². The van der Waals surface area contributed by atoms with E-state index in [1.807, 2.05) is 0 Å². The monoisotopic (exact) mass is 442 g/mol. The Morgan fingerprint density at radius 2 is 1.41 bits per heavy atom. The van der Waals surface area contributed by atoms with Crippen molar-refractivity contribution in [1.29, 1.82) is 0 Å². The van der Waals surface area contributed by atoms with E-state index in [1.165, 1.54) is 57.8 Å². The van der Waals surface area contributed by atoms with Crippen LogP contribution < -0.4 is 0 Å². The van der Waals surface area contributed by atoms with Gasteiger partial charge in [0.25, 0.3) is 0 Å². The van der Waals surface area contributed by atoms with Crippen LogP contribution in [0.4, 0.5) is 0 Å². The Labute approximate surface area is 197 Å². The summed E-state index contributed by atoms with van der Waals surface area (Å²) in [7, 11) is 0. The van der Waals surface area contributed by atoms with Crippen LogP contribution in [0.2, 0.25) is 0 Å². The molecule has 6 rings (SSSR count). The largest absolute Gasteiger partial charge is 0.393 e. The van der Waals surface area contributed by atoms with E-state index in [0.29, 0.717) is 39.1 Å². The van der Waals surface area contributed by atoms with Crippen LogP contribution in [0, 0.1) is 56.2 Å². The standard InChI is InChI=1S/C30H50O2/c1-25(2)14-16-30-17-15-28(6)19(23(30)24(25)32-18-30)8-9-21-27(5)12-11-22(31)26(3,4)20(27)10-13-29(21,28)7/h19-24,31H,8-18H2,1-7H3/t19-,20-,21+,22+,23+,24-,27+,28-,29-,30-/m1/s1. The highest BCUT2D eigenvalue weighted by molar-refractivity contribution is 5.21. The molecule has 182 valence electrons. The van der Waals surface area contributed by atoms with Crippen molar-refractivity contribution in [3.05, 3.63) is 0 Å². The van der Waals surface area contributed by atoms with Crippen LogP contribution in [0.15, 0.2) is 0 Å². The highest BCUT2D eigenvalue weighted by Gasteiger charge is 2.72. The van der Waals surface area contributed by atoms with Crippen LogP contribution in [0.5, 0.6) is 0 Å². The second-order valence-corrected chi connectivity index (χ2v) is 15.7. The zero-order valence-electron chi connectivity index (χ0n) is 22.1. The summed E-state index contributed by atoms with van der Waals surface area (Å²) in [5.74, 6) is 3.11. The summed E-state index contributed by atoms with van der Waals surface area (Å²) in [6.07, 6.45) is 13.7. The van der Waals surface area contributed by atoms with Gasteiger partial charge in [0.2, 0.25) is 0 Å². The van der Waals surface area contributed by atoms with E-state index in [2.05, 4.69) is 48.5 Å². The highest BCUT2D eigenvalue weighted by atomic mass is 16.5. The van der Waals surface area contributed by atoms with Gasteiger partial charge in [-0.15, -0.1) is 0 Å². The summed E-state index contributed by atoms with van der Waals surface area (Å²) in [5, 5.41) is 10.9. The zero-order chi connectivity index (χ0) is 22.9. The van der Waals surface area contributed by atoms with Gasteiger partial charge in [0, 0.05) is 0 Å². The van der Waals surface area contributed by atoms with Crippen LogP contribution >= 0.6 is 0 Å². The Kier molecular flexibility index (Phi) is 4.46. The Bertz CT molecular complexity index is 801. The smallest absolute Gasteiger partial charge is 0.0663 e. The van der Waals surface area contributed by atoms with Gasteiger partial charge in [0.15, 0.2) is 0 Å². The van der Waals surface area contributed by atoms with Gasteiger partial charge in [0.05, 0.1) is 18.8 Å². The van der Waals surface area contributed by atoms with E-state index in [-0.39, 0.29) is 11.5 Å². The van der Waals surface area contributed by atoms with Gasteiger partial charge >= 0.3 is 0 Å². The van der Waals surface area contributed by atoms with Crippen LogP contribution in [0.25, 0.3) is 0 Å². The van der Waals surface area contributed by atoms with E-state index < -0.39 is 0 Å². The Hall–Kier alpha value is -0.0800. The number of aliphatic hydroxyl groups excluding tert-OH is 1. The molecule has 0 aromatic heterocycles. The number of rotatable bonds is 0. The van der Waals surface area contributed by atoms with Gasteiger partial charge in [-0.25, -0.2) is 0 Å². The fraction of sp³-hybridized carbons (Fsp3) is 1.00. The molecule has 0 aromatic rings. The average Bonchev–Trinajstić information content (AvgIpc) is 3.05. The first-order valence-electron chi connectivity index (χ1n) is 14.1. The summed E-state index contributed by atoms with van der Waals surface area (Å²) in [6.45, 7) is 18.9. The Morgan fingerprint density at radius 1 is 0.688 bits per heavy atom. The number of hydrogen-bond acceptors (Lipinski definition) is 2. The van der Waals surface area contributed by atoms with Crippen molar-refractivity contribution in [3.63, 3.8) is 0 Å². The molecule has 32 heavy (non-hydrogen) atoms. The molecular weight excluding hydrogens is 392 g/mol. The Morgan fingerprint density at radius 3 is 2.16 bits per heavy atom. The van der Waals surface area contributed by atoms with Crippen molar-refractivity contribution >= 4 is 0 Å². The summed E-state index contributed by atoms with van der Waals surface area (Å²) < 4.78 is 6.71. The maximum absolute atomic E-state index is 10.9. The molecule has 2 bridgehead atoms. The minimum Gasteiger partial charge on any atom is -0.393 e. The van der Waals surface area contributed by atoms with E-state index in [1.54, 1.807) is 0 Å². The van der Waals surface area contributed by atoms with Crippen LogP contribution in [-0.2, 0) is 4.74 Å². The van der Waals surface area contributed by atoms with Gasteiger partial charge in [0.1, 0.15) is 0 Å². The number of fused-ring (bicyclic) bond motifs is 5. The topological polar surface area (TPSA) is 29.5 Å². The molecule has 2 nitrogen and oxygen atoms in total. The first-order chi connectivity index (χ1) is 14.8. The minimum atomic E-state index is -0.122. The van der Waals surface area contributed by atoms with E-state index >= 15 is 0 Å². The zero-order valence-corrected chi connectivity index (χ0v) is 22.1. The van der Waals surface area contributed by atoms with Crippen molar-refractivity contribution in [3.8, 4) is 0 Å². The average molecular weight is 443 g/mol. The summed E-state index contributed by atoms with van der Waals surface area (Å²) in [5.41, 5.74) is 2.16. The number of aliphatic hydroxyl groups is 1. The highest BCUT2D eigenvalue weighted by Crippen LogP contribution is 2.78. The predicted octanol–water partition coefficient (Wildman–Crippen LogP) is 7.24. The second-order valence-electron chi connectivity index (χ2n) is 15.7. The lowest BCUT2D eigenvalue weighted by Crippen LogP contribution is -2.67. The van der Waals surface area contributed by atoms with E-state index in [9.17, 15) is 5.11 Å². The van der Waals surface area contributed by atoms with Gasteiger partial charge in [-0.1, -0.05) is 48.5 Å². The van der Waals surface area contributed by atoms with Crippen molar-refractivity contribution < 1.29 is 9.84 Å². The molecule has 0 radical (unpaired) electrons. The van der Waals surface area contributed by atoms with Crippen LogP contribution in [-0.4, -0.2) is 23.9 Å². The summed E-state index contributed by atoms with van der Waals surface area (Å²) in [6, 6.07) is 0. The van der Waals surface area contributed by atoms with Crippen LogP contribution in [0.3, 0.4) is 0 Å². The quantitative estimate of drug-likeness (QED) is 0.428. The molecule has 6 aliphatic rings. The van der Waals surface area contributed by atoms with Crippen molar-refractivity contribution in [2.24, 2.45) is 56.2 Å². The first kappa shape index (κ1) is 22.4. The van der Waals surface area contributed by atoms with Crippen LogP contribution in [0.1, 0.15) is 113 Å². The molecular formula is C30H50O2. The molecule has 0 spiro atoms. The maximum Gasteiger partial charge on any atom is 0.0663 e. The maximum atomic E-state index is 10.9. The minimum absolute atomic E-state index is 0.0586. The first-order valence-corrected chi connectivity index (χ1v) is 14.1.